The molecule has 27 heavy (non-hydrogen) atoms. The van der Waals surface area contributed by atoms with E-state index < -0.39 is 36.2 Å². The van der Waals surface area contributed by atoms with E-state index in [1.165, 1.54) is 12.1 Å². The molecule has 7 nitrogen and oxygen atoms in total. The monoisotopic (exact) mass is 396 g/mol. The molecule has 0 bridgehead atoms. The summed E-state index contributed by atoms with van der Waals surface area (Å²) in [4.78, 5) is 12.7. The number of aromatic nitrogens is 4. The van der Waals surface area contributed by atoms with Crippen LogP contribution in [0.4, 0.5) is 32.2 Å². The van der Waals surface area contributed by atoms with Crippen LogP contribution in [0.5, 0.6) is 0 Å². The van der Waals surface area contributed by atoms with Gasteiger partial charge in [-0.25, -0.2) is 0 Å². The number of amides is 1. The number of hydrogen-bond donors (Lipinski definition) is 1. The SMILES string of the molecule is C[C@H]1[C@@H](NC(=O)C(F)(F)F)CCCN1c1ccc2nnc(C(F)(F)F)n2n1. The predicted octanol–water partition coefficient (Wildman–Crippen LogP) is 2.18. The van der Waals surface area contributed by atoms with Crippen LogP contribution in [0.3, 0.4) is 0 Å². The number of hydrogen-bond acceptors (Lipinski definition) is 5. The number of halogens is 6. The van der Waals surface area contributed by atoms with Gasteiger partial charge < -0.3 is 10.2 Å². The lowest BCUT2D eigenvalue weighted by Crippen LogP contribution is -2.56. The van der Waals surface area contributed by atoms with E-state index >= 15 is 0 Å². The summed E-state index contributed by atoms with van der Waals surface area (Å²) >= 11 is 0. The van der Waals surface area contributed by atoms with Gasteiger partial charge in [0.1, 0.15) is 5.82 Å². The first kappa shape index (κ1) is 19.2. The Morgan fingerprint density at radius 2 is 1.89 bits per heavy atom. The zero-order valence-electron chi connectivity index (χ0n) is 13.8. The van der Waals surface area contributed by atoms with Crippen molar-refractivity contribution in [3.8, 4) is 0 Å². The van der Waals surface area contributed by atoms with E-state index in [1.807, 2.05) is 5.32 Å². The van der Waals surface area contributed by atoms with Crippen LogP contribution in [0, 0.1) is 0 Å². The van der Waals surface area contributed by atoms with E-state index in [0.717, 1.165) is 0 Å². The average Bonchev–Trinajstić information content (AvgIpc) is 2.99. The summed E-state index contributed by atoms with van der Waals surface area (Å²) in [5, 5.41) is 12.3. The maximum absolute atomic E-state index is 13.0. The van der Waals surface area contributed by atoms with Crippen LogP contribution in [-0.4, -0.2) is 50.5 Å². The minimum absolute atomic E-state index is 0.113. The fraction of sp³-hybridized carbons (Fsp3) is 0.571. The molecule has 0 radical (unpaired) electrons. The summed E-state index contributed by atoms with van der Waals surface area (Å²) in [6.07, 6.45) is -9.03. The van der Waals surface area contributed by atoms with Crippen molar-refractivity contribution in [2.75, 3.05) is 11.4 Å². The Hall–Kier alpha value is -2.60. The van der Waals surface area contributed by atoms with Gasteiger partial charge in [-0.05, 0) is 31.9 Å². The zero-order valence-corrected chi connectivity index (χ0v) is 13.8. The second-order valence-corrected chi connectivity index (χ2v) is 6.14. The van der Waals surface area contributed by atoms with E-state index in [2.05, 4.69) is 15.3 Å². The predicted molar refractivity (Wildman–Crippen MR) is 79.8 cm³/mol. The summed E-state index contributed by atoms with van der Waals surface area (Å²) in [6, 6.07) is 1.26. The molecule has 1 N–H and O–H groups in total. The zero-order chi connectivity index (χ0) is 20.0. The first-order valence-electron chi connectivity index (χ1n) is 7.92. The molecule has 13 heteroatoms. The number of fused-ring (bicyclic) bond motifs is 1. The minimum Gasteiger partial charge on any atom is -0.350 e. The van der Waals surface area contributed by atoms with Crippen molar-refractivity contribution >= 4 is 17.4 Å². The van der Waals surface area contributed by atoms with Gasteiger partial charge >= 0.3 is 18.3 Å². The third kappa shape index (κ3) is 3.76. The lowest BCUT2D eigenvalue weighted by molar-refractivity contribution is -0.174. The van der Waals surface area contributed by atoms with Crippen molar-refractivity contribution in [2.24, 2.45) is 0 Å². The molecule has 3 heterocycles. The third-order valence-corrected chi connectivity index (χ3v) is 4.36. The fourth-order valence-corrected chi connectivity index (χ4v) is 3.02. The Morgan fingerprint density at radius 3 is 2.52 bits per heavy atom. The number of carbonyl (C=O) groups is 1. The van der Waals surface area contributed by atoms with E-state index in [1.54, 1.807) is 11.8 Å². The summed E-state index contributed by atoms with van der Waals surface area (Å²) < 4.78 is 77.0. The minimum atomic E-state index is -5.01. The van der Waals surface area contributed by atoms with Gasteiger partial charge in [-0.3, -0.25) is 4.79 Å². The van der Waals surface area contributed by atoms with Crippen molar-refractivity contribution in [3.63, 3.8) is 0 Å². The van der Waals surface area contributed by atoms with Crippen LogP contribution in [0.1, 0.15) is 25.6 Å². The van der Waals surface area contributed by atoms with Gasteiger partial charge in [0.05, 0.1) is 0 Å². The number of nitrogens with zero attached hydrogens (tertiary/aromatic N) is 5. The quantitative estimate of drug-likeness (QED) is 0.788. The highest BCUT2D eigenvalue weighted by Gasteiger charge is 2.42. The molecule has 1 aliphatic rings. The van der Waals surface area contributed by atoms with E-state index in [4.69, 9.17) is 0 Å². The standard InChI is InChI=1S/C14H14F6N6O/c1-7-8(21-12(27)14(18,19)20)3-2-6-25(7)10-5-4-9-22-23-11(13(15,16)17)26(9)24-10/h4-5,7-8H,2-3,6H2,1H3,(H,21,27)/t7-,8-/m0/s1. The van der Waals surface area contributed by atoms with Crippen molar-refractivity contribution in [3.05, 3.63) is 18.0 Å². The maximum Gasteiger partial charge on any atom is 0.471 e. The molecule has 148 valence electrons. The molecule has 2 atom stereocenters. The number of nitrogens with one attached hydrogen (secondary N) is 1. The molecule has 1 fully saturated rings. The molecule has 0 saturated carbocycles. The van der Waals surface area contributed by atoms with Crippen molar-refractivity contribution in [1.82, 2.24) is 25.1 Å². The fourth-order valence-electron chi connectivity index (χ4n) is 3.02. The van der Waals surface area contributed by atoms with Crippen molar-refractivity contribution in [2.45, 2.75) is 44.2 Å². The summed E-state index contributed by atoms with van der Waals surface area (Å²) in [5.41, 5.74) is -0.113. The lowest BCUT2D eigenvalue weighted by atomic mass is 9.97. The van der Waals surface area contributed by atoms with Crippen LogP contribution in [0.25, 0.3) is 5.65 Å². The first-order chi connectivity index (χ1) is 12.5. The van der Waals surface area contributed by atoms with Gasteiger partial charge in [-0.1, -0.05) is 0 Å². The number of alkyl halides is 6. The molecule has 0 aromatic carbocycles. The Bertz CT molecular complexity index is 847. The van der Waals surface area contributed by atoms with Gasteiger partial charge in [-0.15, -0.1) is 15.3 Å². The van der Waals surface area contributed by atoms with E-state index in [-0.39, 0.29) is 11.5 Å². The molecular weight excluding hydrogens is 382 g/mol. The van der Waals surface area contributed by atoms with Gasteiger partial charge in [0.15, 0.2) is 5.65 Å². The number of piperidine rings is 1. The van der Waals surface area contributed by atoms with Crippen molar-refractivity contribution < 1.29 is 31.1 Å². The Kier molecular flexibility index (Phi) is 4.64. The highest BCUT2D eigenvalue weighted by Crippen LogP contribution is 2.29. The number of anilines is 1. The Labute approximate surface area is 148 Å². The second kappa shape index (κ2) is 6.53. The van der Waals surface area contributed by atoms with Crippen LogP contribution in [0.2, 0.25) is 0 Å². The van der Waals surface area contributed by atoms with E-state index in [0.29, 0.717) is 23.9 Å². The van der Waals surface area contributed by atoms with Gasteiger partial charge in [0, 0.05) is 18.6 Å². The summed E-state index contributed by atoms with van der Waals surface area (Å²) in [5.74, 6) is -3.24. The average molecular weight is 396 g/mol. The molecule has 0 spiro atoms. The van der Waals surface area contributed by atoms with Crippen LogP contribution in [-0.2, 0) is 11.0 Å². The van der Waals surface area contributed by atoms with Gasteiger partial charge in [0.2, 0.25) is 0 Å². The van der Waals surface area contributed by atoms with Crippen molar-refractivity contribution in [1.29, 1.82) is 0 Å². The normalized spacial score (nSPS) is 21.5. The highest BCUT2D eigenvalue weighted by molar-refractivity contribution is 5.82. The largest absolute Gasteiger partial charge is 0.471 e. The van der Waals surface area contributed by atoms with E-state index in [9.17, 15) is 31.1 Å². The second-order valence-electron chi connectivity index (χ2n) is 6.14. The smallest absolute Gasteiger partial charge is 0.350 e. The number of carbonyl (C=O) groups excluding carboxylic acids is 1. The third-order valence-electron chi connectivity index (χ3n) is 4.36. The Balaban J connectivity index is 1.88. The lowest BCUT2D eigenvalue weighted by Gasteiger charge is -2.40. The topological polar surface area (TPSA) is 75.4 Å². The Morgan fingerprint density at radius 1 is 1.19 bits per heavy atom. The molecule has 2 aromatic rings. The molecule has 2 aromatic heterocycles. The van der Waals surface area contributed by atoms with Crippen LogP contribution >= 0.6 is 0 Å². The molecule has 1 saturated heterocycles. The summed E-state index contributed by atoms with van der Waals surface area (Å²) in [7, 11) is 0. The molecule has 0 aliphatic carbocycles. The van der Waals surface area contributed by atoms with Crippen LogP contribution < -0.4 is 10.2 Å². The summed E-state index contributed by atoms with van der Waals surface area (Å²) in [6.45, 7) is 1.94. The van der Waals surface area contributed by atoms with Gasteiger partial charge in [-0.2, -0.15) is 30.9 Å². The van der Waals surface area contributed by atoms with Gasteiger partial charge in [0.25, 0.3) is 5.82 Å². The molecule has 1 amide bonds. The molecule has 1 aliphatic heterocycles. The highest BCUT2D eigenvalue weighted by atomic mass is 19.4. The first-order valence-corrected chi connectivity index (χ1v) is 7.92. The number of rotatable bonds is 2. The molecular formula is C14H14F6N6O. The molecule has 0 unspecified atom stereocenters. The maximum atomic E-state index is 13.0. The van der Waals surface area contributed by atoms with Crippen LogP contribution in [0.15, 0.2) is 12.1 Å². The molecule has 3 rings (SSSR count).